The van der Waals surface area contributed by atoms with E-state index in [1.165, 1.54) is 16.2 Å². The van der Waals surface area contributed by atoms with Crippen LogP contribution in [-0.4, -0.2) is 25.3 Å². The van der Waals surface area contributed by atoms with E-state index in [2.05, 4.69) is 12.2 Å². The van der Waals surface area contributed by atoms with Gasteiger partial charge in [0, 0.05) is 10.4 Å². The van der Waals surface area contributed by atoms with Crippen LogP contribution in [0.15, 0.2) is 18.2 Å². The Morgan fingerprint density at radius 2 is 2.11 bits per heavy atom. The van der Waals surface area contributed by atoms with Gasteiger partial charge in [-0.05, 0) is 55.4 Å². The Morgan fingerprint density at radius 1 is 1.29 bits per heavy atom. The molecule has 2 aliphatic rings. The SMILES string of the molecule is CCCOC(=O)c1c(NC(=O)c2ccc3c(c2)OCO3)sc2c1CCC(C)C2. The smallest absolute Gasteiger partial charge is 0.341 e. The van der Waals surface area contributed by atoms with Gasteiger partial charge in [-0.25, -0.2) is 4.79 Å². The van der Waals surface area contributed by atoms with Crippen molar-refractivity contribution in [3.05, 3.63) is 39.8 Å². The Kier molecular flexibility index (Phi) is 5.26. The highest BCUT2D eigenvalue weighted by molar-refractivity contribution is 7.17. The predicted molar refractivity (Wildman–Crippen MR) is 107 cm³/mol. The normalized spacial score (nSPS) is 17.1. The van der Waals surface area contributed by atoms with Crippen molar-refractivity contribution in [3.63, 3.8) is 0 Å². The largest absolute Gasteiger partial charge is 0.462 e. The van der Waals surface area contributed by atoms with Gasteiger partial charge in [-0.3, -0.25) is 4.79 Å². The van der Waals surface area contributed by atoms with Crippen LogP contribution in [0.25, 0.3) is 0 Å². The summed E-state index contributed by atoms with van der Waals surface area (Å²) in [7, 11) is 0. The number of thiophene rings is 1. The van der Waals surface area contributed by atoms with Gasteiger partial charge in [0.2, 0.25) is 6.79 Å². The van der Waals surface area contributed by atoms with E-state index in [1.54, 1.807) is 18.2 Å². The number of amides is 1. The van der Waals surface area contributed by atoms with Crippen LogP contribution in [-0.2, 0) is 17.6 Å². The van der Waals surface area contributed by atoms with Crippen LogP contribution in [0, 0.1) is 5.92 Å². The van der Waals surface area contributed by atoms with Crippen LogP contribution in [0.2, 0.25) is 0 Å². The van der Waals surface area contributed by atoms with Crippen LogP contribution >= 0.6 is 11.3 Å². The van der Waals surface area contributed by atoms with E-state index in [4.69, 9.17) is 14.2 Å². The minimum Gasteiger partial charge on any atom is -0.462 e. The predicted octanol–water partition coefficient (Wildman–Crippen LogP) is 4.42. The maximum atomic E-state index is 12.8. The van der Waals surface area contributed by atoms with Crippen LogP contribution < -0.4 is 14.8 Å². The minimum atomic E-state index is -0.352. The van der Waals surface area contributed by atoms with Gasteiger partial charge >= 0.3 is 5.97 Å². The average Bonchev–Trinajstić information content (AvgIpc) is 3.28. The first-order valence-corrected chi connectivity index (χ1v) is 10.4. The molecule has 1 unspecified atom stereocenters. The van der Waals surface area contributed by atoms with E-state index in [0.717, 1.165) is 31.2 Å². The van der Waals surface area contributed by atoms with Crippen molar-refractivity contribution in [3.8, 4) is 11.5 Å². The number of carbonyl (C=O) groups is 2. The zero-order valence-corrected chi connectivity index (χ0v) is 16.8. The Hall–Kier alpha value is -2.54. The summed E-state index contributed by atoms with van der Waals surface area (Å²) in [6, 6.07) is 5.06. The lowest BCUT2D eigenvalue weighted by atomic mass is 9.88. The molecular formula is C21H23NO5S. The third-order valence-corrected chi connectivity index (χ3v) is 6.18. The summed E-state index contributed by atoms with van der Waals surface area (Å²) in [6.45, 7) is 4.70. The molecule has 0 bridgehead atoms. The van der Waals surface area contributed by atoms with Crippen LogP contribution in [0.4, 0.5) is 5.00 Å². The van der Waals surface area contributed by atoms with E-state index in [1.807, 2.05) is 6.92 Å². The Labute approximate surface area is 167 Å². The number of hydrogen-bond donors (Lipinski definition) is 1. The molecule has 1 aromatic carbocycles. The van der Waals surface area contributed by atoms with Gasteiger partial charge in [0.1, 0.15) is 5.00 Å². The lowest BCUT2D eigenvalue weighted by molar-refractivity contribution is 0.0505. The maximum absolute atomic E-state index is 12.8. The fourth-order valence-electron chi connectivity index (χ4n) is 3.53. The molecule has 28 heavy (non-hydrogen) atoms. The summed E-state index contributed by atoms with van der Waals surface area (Å²) < 4.78 is 16.0. The number of ether oxygens (including phenoxy) is 3. The molecule has 0 spiro atoms. The van der Waals surface area contributed by atoms with Crippen molar-refractivity contribution in [2.24, 2.45) is 5.92 Å². The van der Waals surface area contributed by atoms with Crippen molar-refractivity contribution >= 4 is 28.2 Å². The molecule has 2 heterocycles. The summed E-state index contributed by atoms with van der Waals surface area (Å²) in [5.41, 5.74) is 2.01. The molecule has 1 amide bonds. The van der Waals surface area contributed by atoms with Crippen molar-refractivity contribution in [1.82, 2.24) is 0 Å². The number of rotatable bonds is 5. The molecule has 0 saturated heterocycles. The quantitative estimate of drug-likeness (QED) is 0.751. The van der Waals surface area contributed by atoms with Gasteiger partial charge in [0.25, 0.3) is 5.91 Å². The van der Waals surface area contributed by atoms with E-state index in [-0.39, 0.29) is 18.7 Å². The maximum Gasteiger partial charge on any atom is 0.341 e. The van der Waals surface area contributed by atoms with Gasteiger partial charge in [0.05, 0.1) is 12.2 Å². The van der Waals surface area contributed by atoms with Crippen molar-refractivity contribution in [2.75, 3.05) is 18.7 Å². The van der Waals surface area contributed by atoms with Crippen molar-refractivity contribution in [2.45, 2.75) is 39.5 Å². The van der Waals surface area contributed by atoms with Crippen molar-refractivity contribution < 1.29 is 23.8 Å². The summed E-state index contributed by atoms with van der Waals surface area (Å²) in [5, 5.41) is 3.50. The first kappa shape index (κ1) is 18.8. The monoisotopic (exact) mass is 401 g/mol. The number of hydrogen-bond acceptors (Lipinski definition) is 6. The second-order valence-electron chi connectivity index (χ2n) is 7.21. The second kappa shape index (κ2) is 7.83. The number of esters is 1. The summed E-state index contributed by atoms with van der Waals surface area (Å²) in [4.78, 5) is 26.7. The summed E-state index contributed by atoms with van der Waals surface area (Å²) >= 11 is 1.49. The fraction of sp³-hybridized carbons (Fsp3) is 0.429. The Balaban J connectivity index is 1.63. The number of anilines is 1. The molecule has 1 atom stereocenters. The van der Waals surface area contributed by atoms with E-state index < -0.39 is 0 Å². The molecule has 1 aliphatic carbocycles. The fourth-order valence-corrected chi connectivity index (χ4v) is 4.93. The summed E-state index contributed by atoms with van der Waals surface area (Å²) in [6.07, 6.45) is 3.55. The molecular weight excluding hydrogens is 378 g/mol. The van der Waals surface area contributed by atoms with Crippen LogP contribution in [0.1, 0.15) is 57.8 Å². The molecule has 1 N–H and O–H groups in total. The first-order chi connectivity index (χ1) is 13.6. The van der Waals surface area contributed by atoms with Gasteiger partial charge in [-0.1, -0.05) is 13.8 Å². The van der Waals surface area contributed by atoms with Crippen molar-refractivity contribution in [1.29, 1.82) is 0 Å². The van der Waals surface area contributed by atoms with E-state index in [0.29, 0.717) is 40.2 Å². The third-order valence-electron chi connectivity index (χ3n) is 5.01. The third kappa shape index (κ3) is 3.58. The van der Waals surface area contributed by atoms with Crippen LogP contribution in [0.5, 0.6) is 11.5 Å². The molecule has 7 heteroatoms. The highest BCUT2D eigenvalue weighted by Gasteiger charge is 2.29. The zero-order chi connectivity index (χ0) is 19.7. The number of carbonyl (C=O) groups excluding carboxylic acids is 2. The van der Waals surface area contributed by atoms with E-state index >= 15 is 0 Å². The standard InChI is InChI=1S/C21H23NO5S/c1-3-8-25-21(24)18-14-6-4-12(2)9-17(14)28-20(18)22-19(23)13-5-7-15-16(10-13)27-11-26-15/h5,7,10,12H,3-4,6,8-9,11H2,1-2H3,(H,22,23). The molecule has 2 aromatic rings. The van der Waals surface area contributed by atoms with Gasteiger partial charge in [-0.15, -0.1) is 11.3 Å². The van der Waals surface area contributed by atoms with Gasteiger partial charge in [0.15, 0.2) is 11.5 Å². The molecule has 1 aliphatic heterocycles. The van der Waals surface area contributed by atoms with Crippen LogP contribution in [0.3, 0.4) is 0 Å². The molecule has 4 rings (SSSR count). The molecule has 6 nitrogen and oxygen atoms in total. The lowest BCUT2D eigenvalue weighted by Gasteiger charge is -2.18. The van der Waals surface area contributed by atoms with Gasteiger partial charge < -0.3 is 19.5 Å². The number of fused-ring (bicyclic) bond motifs is 2. The minimum absolute atomic E-state index is 0.156. The Bertz CT molecular complexity index is 920. The second-order valence-corrected chi connectivity index (χ2v) is 8.32. The summed E-state index contributed by atoms with van der Waals surface area (Å²) in [5.74, 6) is 1.11. The lowest BCUT2D eigenvalue weighted by Crippen LogP contribution is -2.17. The molecule has 0 radical (unpaired) electrons. The van der Waals surface area contributed by atoms with E-state index in [9.17, 15) is 9.59 Å². The average molecular weight is 401 g/mol. The zero-order valence-electron chi connectivity index (χ0n) is 16.0. The first-order valence-electron chi connectivity index (χ1n) is 9.59. The molecule has 1 aromatic heterocycles. The molecule has 148 valence electrons. The molecule has 0 saturated carbocycles. The van der Waals surface area contributed by atoms with Gasteiger partial charge in [-0.2, -0.15) is 0 Å². The highest BCUT2D eigenvalue weighted by Crippen LogP contribution is 2.40. The molecule has 0 fully saturated rings. The topological polar surface area (TPSA) is 73.9 Å². The Morgan fingerprint density at radius 3 is 2.93 bits per heavy atom. The highest BCUT2D eigenvalue weighted by atomic mass is 32.1. The number of nitrogens with one attached hydrogen (secondary N) is 1. The number of benzene rings is 1.